The van der Waals surface area contributed by atoms with E-state index >= 15 is 0 Å². The second-order valence-electron chi connectivity index (χ2n) is 4.79. The average molecular weight is 265 g/mol. The van der Waals surface area contributed by atoms with Crippen molar-refractivity contribution in [3.05, 3.63) is 29.8 Å². The minimum absolute atomic E-state index is 0.510. The van der Waals surface area contributed by atoms with Crippen molar-refractivity contribution in [2.75, 3.05) is 13.3 Å². The highest BCUT2D eigenvalue weighted by Crippen LogP contribution is 2.28. The first-order valence-electron chi connectivity index (χ1n) is 7.13. The van der Waals surface area contributed by atoms with Crippen LogP contribution in [-0.2, 0) is 0 Å². The lowest BCUT2D eigenvalue weighted by Gasteiger charge is -2.19. The van der Waals surface area contributed by atoms with Crippen LogP contribution in [0.15, 0.2) is 29.2 Å². The van der Waals surface area contributed by atoms with Crippen LogP contribution in [0, 0.1) is 0 Å². The van der Waals surface area contributed by atoms with E-state index in [2.05, 4.69) is 49.8 Å². The van der Waals surface area contributed by atoms with Crippen molar-refractivity contribution in [1.29, 1.82) is 0 Å². The normalized spacial score (nSPS) is 12.6. The molecule has 18 heavy (non-hydrogen) atoms. The van der Waals surface area contributed by atoms with Gasteiger partial charge in [0.15, 0.2) is 0 Å². The molecular weight excluding hydrogens is 238 g/mol. The molecule has 0 amide bonds. The molecule has 0 aliphatic heterocycles. The van der Waals surface area contributed by atoms with Crippen LogP contribution in [0.4, 0.5) is 0 Å². The lowest BCUT2D eigenvalue weighted by molar-refractivity contribution is 0.496. The van der Waals surface area contributed by atoms with E-state index in [0.717, 1.165) is 0 Å². The van der Waals surface area contributed by atoms with Gasteiger partial charge in [0.2, 0.25) is 0 Å². The molecule has 0 heterocycles. The second kappa shape index (κ2) is 9.46. The van der Waals surface area contributed by atoms with Crippen molar-refractivity contribution in [1.82, 2.24) is 5.32 Å². The molecule has 0 fully saturated rings. The number of hydrogen-bond donors (Lipinski definition) is 1. The highest BCUT2D eigenvalue weighted by atomic mass is 32.2. The smallest absolute Gasteiger partial charge is 0.0328 e. The molecule has 1 N–H and O–H groups in total. The van der Waals surface area contributed by atoms with Crippen LogP contribution >= 0.6 is 11.8 Å². The third-order valence-electron chi connectivity index (χ3n) is 3.46. The zero-order chi connectivity index (χ0) is 13.2. The van der Waals surface area contributed by atoms with Crippen LogP contribution in [0.2, 0.25) is 0 Å². The first-order valence-corrected chi connectivity index (χ1v) is 8.36. The van der Waals surface area contributed by atoms with Gasteiger partial charge in [0.25, 0.3) is 0 Å². The Hall–Kier alpha value is -0.470. The number of nitrogens with one attached hydrogen (secondary N) is 1. The van der Waals surface area contributed by atoms with E-state index in [1.165, 1.54) is 49.0 Å². The van der Waals surface area contributed by atoms with E-state index in [-0.39, 0.29) is 0 Å². The molecule has 102 valence electrons. The first kappa shape index (κ1) is 15.6. The molecule has 1 atom stereocenters. The summed E-state index contributed by atoms with van der Waals surface area (Å²) in [7, 11) is 2.08. The summed E-state index contributed by atoms with van der Waals surface area (Å²) in [5.74, 6) is 0. The molecule has 0 spiro atoms. The zero-order valence-corrected chi connectivity index (χ0v) is 12.9. The summed E-state index contributed by atoms with van der Waals surface area (Å²) in [4.78, 5) is 1.41. The van der Waals surface area contributed by atoms with Crippen LogP contribution in [0.3, 0.4) is 0 Å². The van der Waals surface area contributed by atoms with E-state index in [1.54, 1.807) is 0 Å². The van der Waals surface area contributed by atoms with Crippen LogP contribution in [0.1, 0.15) is 57.1 Å². The monoisotopic (exact) mass is 265 g/mol. The molecule has 1 aromatic rings. The van der Waals surface area contributed by atoms with Gasteiger partial charge < -0.3 is 5.32 Å². The lowest BCUT2D eigenvalue weighted by atomic mass is 10.00. The van der Waals surface area contributed by atoms with Gasteiger partial charge in [-0.25, -0.2) is 0 Å². The summed E-state index contributed by atoms with van der Waals surface area (Å²) in [5, 5.41) is 3.47. The van der Waals surface area contributed by atoms with E-state index in [0.29, 0.717) is 6.04 Å². The molecule has 0 aromatic heterocycles. The molecule has 0 saturated carbocycles. The number of benzene rings is 1. The van der Waals surface area contributed by atoms with Gasteiger partial charge in [0.05, 0.1) is 0 Å². The standard InChI is InChI=1S/C16H27NS/c1-4-5-6-7-8-12-15(17-2)14-11-9-10-13-16(14)18-3/h9-11,13,15,17H,4-8,12H2,1-3H3. The zero-order valence-electron chi connectivity index (χ0n) is 12.0. The number of hydrogen-bond acceptors (Lipinski definition) is 2. The molecule has 0 radical (unpaired) electrons. The van der Waals surface area contributed by atoms with Gasteiger partial charge in [-0.1, -0.05) is 57.2 Å². The van der Waals surface area contributed by atoms with Crippen molar-refractivity contribution >= 4 is 11.8 Å². The Balaban J connectivity index is 2.49. The van der Waals surface area contributed by atoms with Gasteiger partial charge in [0.1, 0.15) is 0 Å². The maximum absolute atomic E-state index is 3.47. The molecular formula is C16H27NS. The fourth-order valence-corrected chi connectivity index (χ4v) is 3.02. The van der Waals surface area contributed by atoms with E-state index in [4.69, 9.17) is 0 Å². The molecule has 0 saturated heterocycles. The highest BCUT2D eigenvalue weighted by molar-refractivity contribution is 7.98. The summed E-state index contributed by atoms with van der Waals surface area (Å²) in [6.07, 6.45) is 10.2. The third-order valence-corrected chi connectivity index (χ3v) is 4.27. The van der Waals surface area contributed by atoms with Gasteiger partial charge >= 0.3 is 0 Å². The number of thioether (sulfide) groups is 1. The maximum Gasteiger partial charge on any atom is 0.0328 e. The highest BCUT2D eigenvalue weighted by Gasteiger charge is 2.12. The Labute approximate surface area is 117 Å². The van der Waals surface area contributed by atoms with Crippen molar-refractivity contribution in [2.45, 2.75) is 56.4 Å². The predicted molar refractivity (Wildman–Crippen MR) is 83.4 cm³/mol. The summed E-state index contributed by atoms with van der Waals surface area (Å²) < 4.78 is 0. The summed E-state index contributed by atoms with van der Waals surface area (Å²) in [6, 6.07) is 9.27. The van der Waals surface area contributed by atoms with E-state index in [1.807, 2.05) is 11.8 Å². The lowest BCUT2D eigenvalue weighted by Crippen LogP contribution is -2.17. The molecule has 1 unspecified atom stereocenters. The van der Waals surface area contributed by atoms with Gasteiger partial charge in [0, 0.05) is 10.9 Å². The Morgan fingerprint density at radius 2 is 1.83 bits per heavy atom. The summed E-state index contributed by atoms with van der Waals surface area (Å²) >= 11 is 1.85. The van der Waals surface area contributed by atoms with Crippen molar-refractivity contribution in [3.8, 4) is 0 Å². The molecule has 0 aliphatic carbocycles. The first-order chi connectivity index (χ1) is 8.83. The van der Waals surface area contributed by atoms with Crippen LogP contribution in [0.5, 0.6) is 0 Å². The third kappa shape index (κ3) is 5.03. The molecule has 1 aromatic carbocycles. The molecule has 2 heteroatoms. The Kier molecular flexibility index (Phi) is 8.19. The van der Waals surface area contributed by atoms with Gasteiger partial charge in [-0.3, -0.25) is 0 Å². The van der Waals surface area contributed by atoms with Crippen molar-refractivity contribution in [2.24, 2.45) is 0 Å². The van der Waals surface area contributed by atoms with E-state index < -0.39 is 0 Å². The van der Waals surface area contributed by atoms with Crippen molar-refractivity contribution in [3.63, 3.8) is 0 Å². The van der Waals surface area contributed by atoms with Gasteiger partial charge in [-0.05, 0) is 31.4 Å². The minimum Gasteiger partial charge on any atom is -0.313 e. The van der Waals surface area contributed by atoms with Crippen LogP contribution in [-0.4, -0.2) is 13.3 Å². The summed E-state index contributed by atoms with van der Waals surface area (Å²) in [5.41, 5.74) is 1.46. The largest absolute Gasteiger partial charge is 0.313 e. The predicted octanol–water partition coefficient (Wildman–Crippen LogP) is 5.03. The number of unbranched alkanes of at least 4 members (excludes halogenated alkanes) is 4. The molecule has 0 bridgehead atoms. The fraction of sp³-hybridized carbons (Fsp3) is 0.625. The Morgan fingerprint density at radius 1 is 1.11 bits per heavy atom. The Bertz CT molecular complexity index is 325. The number of rotatable bonds is 9. The van der Waals surface area contributed by atoms with Crippen molar-refractivity contribution < 1.29 is 0 Å². The van der Waals surface area contributed by atoms with Crippen LogP contribution < -0.4 is 5.32 Å². The van der Waals surface area contributed by atoms with Gasteiger partial charge in [-0.15, -0.1) is 11.8 Å². The second-order valence-corrected chi connectivity index (χ2v) is 5.63. The molecule has 0 aliphatic rings. The molecule has 1 nitrogen and oxygen atoms in total. The maximum atomic E-state index is 3.47. The molecule has 1 rings (SSSR count). The SMILES string of the molecule is CCCCCCCC(NC)c1ccccc1SC. The average Bonchev–Trinajstić information content (AvgIpc) is 2.43. The summed E-state index contributed by atoms with van der Waals surface area (Å²) in [6.45, 7) is 2.27. The van der Waals surface area contributed by atoms with Gasteiger partial charge in [-0.2, -0.15) is 0 Å². The van der Waals surface area contributed by atoms with Crippen LogP contribution in [0.25, 0.3) is 0 Å². The topological polar surface area (TPSA) is 12.0 Å². The Morgan fingerprint density at radius 3 is 2.50 bits per heavy atom. The minimum atomic E-state index is 0.510. The fourth-order valence-electron chi connectivity index (χ4n) is 2.36. The van der Waals surface area contributed by atoms with E-state index in [9.17, 15) is 0 Å². The quantitative estimate of drug-likeness (QED) is 0.496.